The second kappa shape index (κ2) is 7.70. The fourth-order valence-electron chi connectivity index (χ4n) is 3.05. The van der Waals surface area contributed by atoms with Crippen LogP contribution in [0.4, 0.5) is 10.5 Å². The maximum absolute atomic E-state index is 12.5. The molecule has 0 atom stereocenters. The number of fused-ring (bicyclic) bond motifs is 1. The van der Waals surface area contributed by atoms with Gasteiger partial charge in [0.25, 0.3) is 5.91 Å². The Morgan fingerprint density at radius 2 is 1.56 bits per heavy atom. The Balaban J connectivity index is 1.77. The molecule has 0 saturated heterocycles. The minimum atomic E-state index is -0.562. The first kappa shape index (κ1) is 18.8. The molecule has 6 heteroatoms. The van der Waals surface area contributed by atoms with E-state index in [-0.39, 0.29) is 18.6 Å². The summed E-state index contributed by atoms with van der Waals surface area (Å²) in [5.41, 5.74) is 3.16. The summed E-state index contributed by atoms with van der Waals surface area (Å²) in [6, 6.07) is 10.2. The number of carbonyl (C=O) groups excluding carboxylic acids is 2. The monoisotopic (exact) mass is 368 g/mol. The van der Waals surface area contributed by atoms with E-state index >= 15 is 0 Å². The van der Waals surface area contributed by atoms with Crippen LogP contribution in [0.25, 0.3) is 0 Å². The van der Waals surface area contributed by atoms with E-state index in [0.717, 1.165) is 16.8 Å². The van der Waals surface area contributed by atoms with E-state index in [1.54, 1.807) is 18.2 Å². The van der Waals surface area contributed by atoms with Gasteiger partial charge in [0.15, 0.2) is 11.5 Å². The van der Waals surface area contributed by atoms with E-state index in [2.05, 4.69) is 38.3 Å². The van der Waals surface area contributed by atoms with Crippen molar-refractivity contribution in [2.24, 2.45) is 0 Å². The van der Waals surface area contributed by atoms with Crippen LogP contribution in [0.3, 0.4) is 0 Å². The average Bonchev–Trinajstić information content (AvgIpc) is 3.08. The lowest BCUT2D eigenvalue weighted by molar-refractivity contribution is 0.0966. The van der Waals surface area contributed by atoms with Gasteiger partial charge in [-0.3, -0.25) is 10.1 Å². The molecule has 27 heavy (non-hydrogen) atoms. The molecule has 0 saturated carbocycles. The highest BCUT2D eigenvalue weighted by Crippen LogP contribution is 2.33. The zero-order chi connectivity index (χ0) is 19.6. The Hall–Kier alpha value is -3.02. The Morgan fingerprint density at radius 1 is 0.926 bits per heavy atom. The number of hydrogen-bond donors (Lipinski definition) is 2. The molecule has 0 radical (unpaired) electrons. The molecular formula is C21H24N2O4. The molecule has 1 heterocycles. The van der Waals surface area contributed by atoms with Gasteiger partial charge >= 0.3 is 6.03 Å². The molecular weight excluding hydrogens is 344 g/mol. The number of imide groups is 1. The number of amides is 3. The normalized spacial score (nSPS) is 12.4. The molecule has 2 N–H and O–H groups in total. The molecule has 0 aliphatic carbocycles. The second-order valence-corrected chi connectivity index (χ2v) is 7.10. The van der Waals surface area contributed by atoms with Crippen LogP contribution in [0.5, 0.6) is 11.5 Å². The van der Waals surface area contributed by atoms with Crippen molar-refractivity contribution in [1.82, 2.24) is 5.32 Å². The summed E-state index contributed by atoms with van der Waals surface area (Å²) < 4.78 is 10.5. The molecule has 0 fully saturated rings. The minimum Gasteiger partial charge on any atom is -0.454 e. The second-order valence-electron chi connectivity index (χ2n) is 7.10. The Bertz CT molecular complexity index is 848. The zero-order valence-electron chi connectivity index (χ0n) is 16.0. The molecule has 0 unspecified atom stereocenters. The van der Waals surface area contributed by atoms with Crippen LogP contribution in [0.2, 0.25) is 0 Å². The third-order valence-electron chi connectivity index (χ3n) is 4.47. The third-order valence-corrected chi connectivity index (χ3v) is 4.47. The number of ether oxygens (including phenoxy) is 2. The van der Waals surface area contributed by atoms with Crippen molar-refractivity contribution in [2.75, 3.05) is 12.1 Å². The van der Waals surface area contributed by atoms with E-state index in [4.69, 9.17) is 9.47 Å². The van der Waals surface area contributed by atoms with E-state index in [1.165, 1.54) is 0 Å². The average molecular weight is 368 g/mol. The summed E-state index contributed by atoms with van der Waals surface area (Å²) in [5.74, 6) is 1.06. The summed E-state index contributed by atoms with van der Waals surface area (Å²) in [4.78, 5) is 24.9. The van der Waals surface area contributed by atoms with Crippen LogP contribution in [-0.2, 0) is 0 Å². The summed E-state index contributed by atoms with van der Waals surface area (Å²) in [6.07, 6.45) is 0. The Labute approximate surface area is 158 Å². The molecule has 1 aliphatic heterocycles. The summed E-state index contributed by atoms with van der Waals surface area (Å²) in [7, 11) is 0. The first-order chi connectivity index (χ1) is 12.9. The number of nitrogens with one attached hydrogen (secondary N) is 2. The van der Waals surface area contributed by atoms with Crippen LogP contribution in [0.1, 0.15) is 61.0 Å². The summed E-state index contributed by atoms with van der Waals surface area (Å²) >= 11 is 0. The van der Waals surface area contributed by atoms with E-state index in [0.29, 0.717) is 17.1 Å². The van der Waals surface area contributed by atoms with Crippen molar-refractivity contribution in [3.8, 4) is 11.5 Å². The van der Waals surface area contributed by atoms with Gasteiger partial charge in [-0.05, 0) is 41.2 Å². The van der Waals surface area contributed by atoms with E-state index in [9.17, 15) is 9.59 Å². The zero-order valence-corrected chi connectivity index (χ0v) is 16.0. The lowest BCUT2D eigenvalue weighted by Gasteiger charge is -2.20. The van der Waals surface area contributed by atoms with Crippen molar-refractivity contribution in [3.05, 3.63) is 53.1 Å². The van der Waals surface area contributed by atoms with Crippen LogP contribution in [0, 0.1) is 0 Å². The van der Waals surface area contributed by atoms with Crippen LogP contribution >= 0.6 is 0 Å². The summed E-state index contributed by atoms with van der Waals surface area (Å²) in [5, 5.41) is 5.25. The fourth-order valence-corrected chi connectivity index (χ4v) is 3.05. The predicted molar refractivity (Wildman–Crippen MR) is 104 cm³/mol. The number of urea groups is 1. The Kier molecular flexibility index (Phi) is 5.35. The maximum Gasteiger partial charge on any atom is 0.326 e. The first-order valence-electron chi connectivity index (χ1n) is 9.01. The van der Waals surface area contributed by atoms with Gasteiger partial charge in [-0.15, -0.1) is 0 Å². The number of benzene rings is 2. The molecule has 2 aromatic rings. The highest BCUT2D eigenvalue weighted by molar-refractivity contribution is 6.08. The highest BCUT2D eigenvalue weighted by Gasteiger charge is 2.20. The first-order valence-corrected chi connectivity index (χ1v) is 9.01. The van der Waals surface area contributed by atoms with Gasteiger partial charge in [-0.25, -0.2) is 4.79 Å². The van der Waals surface area contributed by atoms with Crippen molar-refractivity contribution in [2.45, 2.75) is 39.5 Å². The van der Waals surface area contributed by atoms with Gasteiger partial charge < -0.3 is 14.8 Å². The smallest absolute Gasteiger partial charge is 0.326 e. The van der Waals surface area contributed by atoms with Gasteiger partial charge in [0, 0.05) is 11.3 Å². The number of carbonyl (C=O) groups is 2. The van der Waals surface area contributed by atoms with Crippen LogP contribution in [0.15, 0.2) is 36.4 Å². The number of para-hydroxylation sites is 1. The van der Waals surface area contributed by atoms with Gasteiger partial charge in [0.05, 0.1) is 0 Å². The van der Waals surface area contributed by atoms with Crippen LogP contribution < -0.4 is 20.1 Å². The lowest BCUT2D eigenvalue weighted by Crippen LogP contribution is -2.35. The number of anilines is 1. The van der Waals surface area contributed by atoms with Gasteiger partial charge in [0.1, 0.15) is 0 Å². The largest absolute Gasteiger partial charge is 0.454 e. The molecule has 0 spiro atoms. The lowest BCUT2D eigenvalue weighted by atomic mass is 9.93. The number of rotatable bonds is 4. The van der Waals surface area contributed by atoms with Crippen molar-refractivity contribution >= 4 is 17.6 Å². The molecule has 6 nitrogen and oxygen atoms in total. The van der Waals surface area contributed by atoms with E-state index < -0.39 is 11.9 Å². The SMILES string of the molecule is CC(C)c1cccc(C(C)C)c1NC(=O)NC(=O)c1ccc2c(c1)OCO2. The van der Waals surface area contributed by atoms with Crippen molar-refractivity contribution < 1.29 is 19.1 Å². The molecule has 142 valence electrons. The predicted octanol–water partition coefficient (Wildman–Crippen LogP) is 4.62. The molecule has 0 aromatic heterocycles. The fraction of sp³-hybridized carbons (Fsp3) is 0.333. The molecule has 3 amide bonds. The van der Waals surface area contributed by atoms with Crippen molar-refractivity contribution in [3.63, 3.8) is 0 Å². The van der Waals surface area contributed by atoms with Gasteiger partial charge in [-0.2, -0.15) is 0 Å². The molecule has 0 bridgehead atoms. The van der Waals surface area contributed by atoms with Gasteiger partial charge in [0.2, 0.25) is 6.79 Å². The molecule has 3 rings (SSSR count). The quantitative estimate of drug-likeness (QED) is 0.825. The maximum atomic E-state index is 12.5. The standard InChI is InChI=1S/C21H24N2O4/c1-12(2)15-6-5-7-16(13(3)4)19(15)22-21(25)23-20(24)14-8-9-17-18(10-14)27-11-26-17/h5-10,12-13H,11H2,1-4H3,(H2,22,23,24,25). The molecule has 2 aromatic carbocycles. The Morgan fingerprint density at radius 3 is 2.19 bits per heavy atom. The van der Waals surface area contributed by atoms with Crippen LogP contribution in [-0.4, -0.2) is 18.7 Å². The number of hydrogen-bond acceptors (Lipinski definition) is 4. The third kappa shape index (κ3) is 4.05. The molecule has 1 aliphatic rings. The van der Waals surface area contributed by atoms with Gasteiger partial charge in [-0.1, -0.05) is 45.9 Å². The van der Waals surface area contributed by atoms with Crippen molar-refractivity contribution in [1.29, 1.82) is 0 Å². The highest BCUT2D eigenvalue weighted by atomic mass is 16.7. The van der Waals surface area contributed by atoms with E-state index in [1.807, 2.05) is 18.2 Å². The topological polar surface area (TPSA) is 76.7 Å². The summed E-state index contributed by atoms with van der Waals surface area (Å²) in [6.45, 7) is 8.41. The minimum absolute atomic E-state index is 0.130.